The minimum absolute atomic E-state index is 0.270. The van der Waals surface area contributed by atoms with Crippen LogP contribution in [0.1, 0.15) is 18.4 Å². The summed E-state index contributed by atoms with van der Waals surface area (Å²) in [6.45, 7) is 1.79. The van der Waals surface area contributed by atoms with E-state index in [-0.39, 0.29) is 6.04 Å². The highest BCUT2D eigenvalue weighted by molar-refractivity contribution is 6.02. The second-order valence-corrected chi connectivity index (χ2v) is 6.59. The van der Waals surface area contributed by atoms with Gasteiger partial charge in [-0.1, -0.05) is 6.07 Å². The highest BCUT2D eigenvalue weighted by Crippen LogP contribution is 2.34. The third-order valence-corrected chi connectivity index (χ3v) is 4.85. The van der Waals surface area contributed by atoms with Crippen molar-refractivity contribution >= 4 is 16.6 Å². The Labute approximate surface area is 146 Å². The van der Waals surface area contributed by atoms with Gasteiger partial charge in [0.1, 0.15) is 5.82 Å². The van der Waals surface area contributed by atoms with Crippen LogP contribution in [0.5, 0.6) is 0 Å². The SMILES string of the molecule is Cn1cc(-c2cnc(N3CCC(N)CC3)c3cc(C#N)ccc23)cn1. The molecule has 0 bridgehead atoms. The monoisotopic (exact) mass is 332 g/mol. The number of aryl methyl sites for hydroxylation is 1. The van der Waals surface area contributed by atoms with E-state index in [2.05, 4.69) is 16.1 Å². The summed E-state index contributed by atoms with van der Waals surface area (Å²) in [5.74, 6) is 0.937. The molecule has 0 atom stereocenters. The van der Waals surface area contributed by atoms with Gasteiger partial charge in [-0.2, -0.15) is 10.4 Å². The molecule has 0 unspecified atom stereocenters. The van der Waals surface area contributed by atoms with E-state index in [0.717, 1.165) is 53.6 Å². The van der Waals surface area contributed by atoms with Gasteiger partial charge < -0.3 is 10.6 Å². The third kappa shape index (κ3) is 2.83. The molecule has 3 heterocycles. The third-order valence-electron chi connectivity index (χ3n) is 4.85. The van der Waals surface area contributed by atoms with Crippen molar-refractivity contribution in [1.82, 2.24) is 14.8 Å². The minimum atomic E-state index is 0.270. The number of nitriles is 1. The van der Waals surface area contributed by atoms with Gasteiger partial charge in [0.25, 0.3) is 0 Å². The number of nitrogens with two attached hydrogens (primary N) is 1. The van der Waals surface area contributed by atoms with E-state index in [9.17, 15) is 5.26 Å². The predicted molar refractivity (Wildman–Crippen MR) is 98.1 cm³/mol. The van der Waals surface area contributed by atoms with Crippen molar-refractivity contribution in [3.8, 4) is 17.2 Å². The molecule has 6 nitrogen and oxygen atoms in total. The topological polar surface area (TPSA) is 83.8 Å². The van der Waals surface area contributed by atoms with E-state index in [1.165, 1.54) is 0 Å². The van der Waals surface area contributed by atoms with Crippen LogP contribution in [0.25, 0.3) is 21.9 Å². The van der Waals surface area contributed by atoms with Crippen molar-refractivity contribution in [3.63, 3.8) is 0 Å². The predicted octanol–water partition coefficient (Wildman–Crippen LogP) is 2.43. The summed E-state index contributed by atoms with van der Waals surface area (Å²) in [5, 5.41) is 15.7. The van der Waals surface area contributed by atoms with Crippen molar-refractivity contribution in [2.45, 2.75) is 18.9 Å². The molecule has 25 heavy (non-hydrogen) atoms. The van der Waals surface area contributed by atoms with Crippen molar-refractivity contribution < 1.29 is 0 Å². The number of fused-ring (bicyclic) bond motifs is 1. The Morgan fingerprint density at radius 2 is 2.00 bits per heavy atom. The molecule has 0 saturated carbocycles. The molecule has 2 aromatic heterocycles. The van der Waals surface area contributed by atoms with Gasteiger partial charge in [0.2, 0.25) is 0 Å². The largest absolute Gasteiger partial charge is 0.356 e. The molecule has 1 saturated heterocycles. The molecule has 0 radical (unpaired) electrons. The van der Waals surface area contributed by atoms with E-state index < -0.39 is 0 Å². The number of rotatable bonds is 2. The molecule has 126 valence electrons. The molecular formula is C19H20N6. The summed E-state index contributed by atoms with van der Waals surface area (Å²) in [6.07, 6.45) is 7.66. The molecule has 4 rings (SSSR count). The molecule has 2 N–H and O–H groups in total. The lowest BCUT2D eigenvalue weighted by molar-refractivity contribution is 0.499. The van der Waals surface area contributed by atoms with Gasteiger partial charge in [-0.15, -0.1) is 0 Å². The standard InChI is InChI=1S/C19H20N6/c1-24-12-14(10-23-24)18-11-22-19(25-6-4-15(21)5-7-25)17-8-13(9-20)2-3-16(17)18/h2-3,8,10-12,15H,4-7,21H2,1H3. The van der Waals surface area contributed by atoms with Crippen molar-refractivity contribution in [2.75, 3.05) is 18.0 Å². The number of nitrogens with zero attached hydrogens (tertiary/aromatic N) is 5. The fourth-order valence-electron chi connectivity index (χ4n) is 3.45. The first-order chi connectivity index (χ1) is 12.2. The van der Waals surface area contributed by atoms with E-state index in [0.29, 0.717) is 5.56 Å². The molecule has 1 fully saturated rings. The Bertz CT molecular complexity index is 960. The lowest BCUT2D eigenvalue weighted by atomic mass is 9.99. The zero-order valence-corrected chi connectivity index (χ0v) is 14.2. The first-order valence-electron chi connectivity index (χ1n) is 8.48. The fraction of sp³-hybridized carbons (Fsp3) is 0.316. The molecule has 0 aliphatic carbocycles. The van der Waals surface area contributed by atoms with Crippen LogP contribution in [0.2, 0.25) is 0 Å². The number of hydrogen-bond donors (Lipinski definition) is 1. The van der Waals surface area contributed by atoms with Crippen LogP contribution >= 0.6 is 0 Å². The van der Waals surface area contributed by atoms with Gasteiger partial charge in [-0.25, -0.2) is 4.98 Å². The minimum Gasteiger partial charge on any atom is -0.356 e. The average Bonchev–Trinajstić information content (AvgIpc) is 3.07. The summed E-state index contributed by atoms with van der Waals surface area (Å²) in [5.41, 5.74) is 8.74. The Hall–Kier alpha value is -2.91. The maximum absolute atomic E-state index is 9.31. The van der Waals surface area contributed by atoms with Gasteiger partial charge in [-0.05, 0) is 30.4 Å². The number of pyridine rings is 1. The molecular weight excluding hydrogens is 312 g/mol. The molecule has 0 amide bonds. The van der Waals surface area contributed by atoms with Crippen molar-refractivity contribution in [1.29, 1.82) is 5.26 Å². The van der Waals surface area contributed by atoms with E-state index in [1.54, 1.807) is 4.68 Å². The summed E-state index contributed by atoms with van der Waals surface area (Å²) in [7, 11) is 1.90. The highest BCUT2D eigenvalue weighted by atomic mass is 15.2. The number of anilines is 1. The van der Waals surface area contributed by atoms with Gasteiger partial charge in [0.05, 0.1) is 17.8 Å². The Kier molecular flexibility index (Phi) is 3.86. The van der Waals surface area contributed by atoms with Crippen LogP contribution in [-0.4, -0.2) is 33.9 Å². The molecule has 3 aromatic rings. The lowest BCUT2D eigenvalue weighted by Crippen LogP contribution is -2.40. The van der Waals surface area contributed by atoms with Crippen molar-refractivity contribution in [3.05, 3.63) is 42.4 Å². The average molecular weight is 332 g/mol. The first kappa shape index (κ1) is 15.6. The summed E-state index contributed by atoms with van der Waals surface area (Å²) < 4.78 is 1.78. The maximum atomic E-state index is 9.31. The van der Waals surface area contributed by atoms with E-state index >= 15 is 0 Å². The zero-order valence-electron chi connectivity index (χ0n) is 14.2. The van der Waals surface area contributed by atoms with Crippen LogP contribution in [0.4, 0.5) is 5.82 Å². The smallest absolute Gasteiger partial charge is 0.136 e. The molecule has 0 spiro atoms. The molecule has 6 heteroatoms. The van der Waals surface area contributed by atoms with Crippen LogP contribution in [0.3, 0.4) is 0 Å². The molecule has 1 aliphatic rings. The Morgan fingerprint density at radius 3 is 2.68 bits per heavy atom. The van der Waals surface area contributed by atoms with Gasteiger partial charge in [0.15, 0.2) is 0 Å². The summed E-state index contributed by atoms with van der Waals surface area (Å²) in [6, 6.07) is 8.31. The zero-order chi connectivity index (χ0) is 17.4. The Balaban J connectivity index is 1.88. The summed E-state index contributed by atoms with van der Waals surface area (Å²) in [4.78, 5) is 7.03. The van der Waals surface area contributed by atoms with E-state index in [4.69, 9.17) is 10.7 Å². The second kappa shape index (κ2) is 6.19. The fourth-order valence-corrected chi connectivity index (χ4v) is 3.45. The normalized spacial score (nSPS) is 15.5. The quantitative estimate of drug-likeness (QED) is 0.779. The molecule has 1 aliphatic heterocycles. The summed E-state index contributed by atoms with van der Waals surface area (Å²) >= 11 is 0. The van der Waals surface area contributed by atoms with Gasteiger partial charge in [0, 0.05) is 55.1 Å². The van der Waals surface area contributed by atoms with Crippen molar-refractivity contribution in [2.24, 2.45) is 12.8 Å². The van der Waals surface area contributed by atoms with Gasteiger partial charge in [-0.3, -0.25) is 4.68 Å². The Morgan fingerprint density at radius 1 is 1.20 bits per heavy atom. The van der Waals surface area contributed by atoms with E-state index in [1.807, 2.05) is 43.8 Å². The maximum Gasteiger partial charge on any atom is 0.136 e. The van der Waals surface area contributed by atoms with Crippen LogP contribution in [0, 0.1) is 11.3 Å². The number of hydrogen-bond acceptors (Lipinski definition) is 5. The van der Waals surface area contributed by atoms with Gasteiger partial charge >= 0.3 is 0 Å². The van der Waals surface area contributed by atoms with Crippen LogP contribution < -0.4 is 10.6 Å². The number of piperidine rings is 1. The number of benzene rings is 1. The lowest BCUT2D eigenvalue weighted by Gasteiger charge is -2.32. The van der Waals surface area contributed by atoms with Crippen LogP contribution in [0.15, 0.2) is 36.8 Å². The second-order valence-electron chi connectivity index (χ2n) is 6.59. The van der Waals surface area contributed by atoms with Crippen LogP contribution in [-0.2, 0) is 7.05 Å². The number of aromatic nitrogens is 3. The molecule has 1 aromatic carbocycles. The highest BCUT2D eigenvalue weighted by Gasteiger charge is 2.20. The first-order valence-corrected chi connectivity index (χ1v) is 8.48.